The number of fused-ring (bicyclic) bond motifs is 2. The average Bonchev–Trinajstić information content (AvgIpc) is 3.10. The fourth-order valence-corrected chi connectivity index (χ4v) is 6.76. The number of sulfone groups is 1. The summed E-state index contributed by atoms with van der Waals surface area (Å²) in [5.74, 6) is 1.13. The van der Waals surface area contributed by atoms with E-state index in [-0.39, 0.29) is 28.7 Å². The van der Waals surface area contributed by atoms with Crippen LogP contribution in [0.1, 0.15) is 40.6 Å². The Morgan fingerprint density at radius 3 is 2.47 bits per heavy atom. The van der Waals surface area contributed by atoms with Gasteiger partial charge in [-0.2, -0.15) is 0 Å². The molecule has 6 nitrogen and oxygen atoms in total. The van der Waals surface area contributed by atoms with Gasteiger partial charge in [-0.1, -0.05) is 47.3 Å². The van der Waals surface area contributed by atoms with Gasteiger partial charge in [0.25, 0.3) is 0 Å². The van der Waals surface area contributed by atoms with Gasteiger partial charge in [0.1, 0.15) is 5.41 Å². The van der Waals surface area contributed by atoms with Crippen LogP contribution < -0.4 is 10.6 Å². The fraction of sp³-hybridized carbons (Fsp3) is 0.185. The van der Waals surface area contributed by atoms with Gasteiger partial charge in [-0.3, -0.25) is 9.59 Å². The van der Waals surface area contributed by atoms with Gasteiger partial charge in [-0.05, 0) is 59.2 Å². The average molecular weight is 539 g/mol. The molecule has 1 spiro atoms. The van der Waals surface area contributed by atoms with E-state index >= 15 is 0 Å². The summed E-state index contributed by atoms with van der Waals surface area (Å²) in [6.45, 7) is 0. The van der Waals surface area contributed by atoms with Crippen molar-refractivity contribution < 1.29 is 18.0 Å². The quantitative estimate of drug-likeness (QED) is 0.476. The highest BCUT2D eigenvalue weighted by atomic mass is 35.5. The lowest BCUT2D eigenvalue weighted by atomic mass is 9.59. The summed E-state index contributed by atoms with van der Waals surface area (Å²) < 4.78 is 25.7. The van der Waals surface area contributed by atoms with Crippen molar-refractivity contribution in [3.63, 3.8) is 0 Å². The number of nitrogens with one attached hydrogen (secondary N) is 2. The maximum Gasteiger partial charge on any atom is 0.238 e. The highest BCUT2D eigenvalue weighted by Crippen LogP contribution is 2.58. The molecule has 0 aliphatic carbocycles. The molecule has 2 amide bonds. The van der Waals surface area contributed by atoms with Crippen molar-refractivity contribution in [2.24, 2.45) is 0 Å². The Morgan fingerprint density at radius 2 is 1.78 bits per heavy atom. The van der Waals surface area contributed by atoms with Crippen LogP contribution in [0.15, 0.2) is 65.6 Å². The number of anilines is 1. The number of hydrogen-bond donors (Lipinski definition) is 2. The summed E-state index contributed by atoms with van der Waals surface area (Å²) in [4.78, 5) is 27.2. The molecule has 2 aliphatic heterocycles. The Bertz CT molecular complexity index is 1600. The molecular weight excluding hydrogens is 519 g/mol. The molecule has 2 N–H and O–H groups in total. The Balaban J connectivity index is 1.88. The van der Waals surface area contributed by atoms with Crippen molar-refractivity contribution >= 4 is 50.5 Å². The van der Waals surface area contributed by atoms with Crippen LogP contribution in [-0.2, 0) is 24.8 Å². The molecule has 1 fully saturated rings. The minimum atomic E-state index is -3.76. The van der Waals surface area contributed by atoms with E-state index in [1.165, 1.54) is 12.1 Å². The van der Waals surface area contributed by atoms with Gasteiger partial charge in [0.2, 0.25) is 11.8 Å². The molecule has 3 atom stereocenters. The standard InChI is InChI=1S/C27H20Cl2N2O4S/c1-3-15-7-10-23(36(2,34)35)19(11-15)25-27(20-9-8-18(29)13-22(20)30-26(27)33)21(14-24(32)31-25)16-5-4-6-17(28)12-16/h1,4-13,21,25H,14H2,2H3,(H,30,33)(H,31,32)/t21-,25+,27-/m0/s1. The van der Waals surface area contributed by atoms with Gasteiger partial charge in [0.05, 0.1) is 10.9 Å². The summed E-state index contributed by atoms with van der Waals surface area (Å²) >= 11 is 12.5. The zero-order chi connectivity index (χ0) is 25.8. The first-order valence-electron chi connectivity index (χ1n) is 11.0. The SMILES string of the molecule is C#Cc1ccc(S(C)(=O)=O)c([C@H]2NC(=O)C[C@@H](c3cccc(Cl)c3)[C@]23C(=O)Nc2cc(Cl)ccc23)c1. The molecule has 3 aromatic carbocycles. The first-order chi connectivity index (χ1) is 17.0. The van der Waals surface area contributed by atoms with Crippen LogP contribution >= 0.6 is 23.2 Å². The Labute approximate surface area is 218 Å². The monoisotopic (exact) mass is 538 g/mol. The van der Waals surface area contributed by atoms with E-state index in [1.54, 1.807) is 42.5 Å². The van der Waals surface area contributed by atoms with E-state index < -0.39 is 27.2 Å². The minimum Gasteiger partial charge on any atom is -0.348 e. The van der Waals surface area contributed by atoms with Crippen molar-refractivity contribution in [1.29, 1.82) is 0 Å². The summed E-state index contributed by atoms with van der Waals surface area (Å²) in [6, 6.07) is 15.5. The molecule has 0 unspecified atom stereocenters. The largest absolute Gasteiger partial charge is 0.348 e. The van der Waals surface area contributed by atoms with E-state index in [1.807, 2.05) is 6.07 Å². The molecule has 9 heteroatoms. The molecule has 2 aliphatic rings. The van der Waals surface area contributed by atoms with E-state index in [2.05, 4.69) is 16.6 Å². The third-order valence-corrected chi connectivity index (χ3v) is 8.53. The predicted molar refractivity (Wildman–Crippen MR) is 139 cm³/mol. The second-order valence-corrected chi connectivity index (χ2v) is 11.9. The number of carbonyl (C=O) groups is 2. The normalized spacial score (nSPS) is 23.1. The van der Waals surface area contributed by atoms with Crippen LogP contribution in [0, 0.1) is 12.3 Å². The van der Waals surface area contributed by atoms with Crippen LogP contribution in [0.5, 0.6) is 0 Å². The lowest BCUT2D eigenvalue weighted by Gasteiger charge is -2.46. The van der Waals surface area contributed by atoms with Gasteiger partial charge in [-0.15, -0.1) is 6.42 Å². The second-order valence-electron chi connectivity index (χ2n) is 8.99. The zero-order valence-electron chi connectivity index (χ0n) is 19.0. The zero-order valence-corrected chi connectivity index (χ0v) is 21.3. The van der Waals surface area contributed by atoms with Crippen molar-refractivity contribution in [2.45, 2.75) is 28.7 Å². The van der Waals surface area contributed by atoms with E-state index in [4.69, 9.17) is 29.6 Å². The fourth-order valence-electron chi connectivity index (χ4n) is 5.47. The molecular formula is C27H20Cl2N2O4S. The Kier molecular flexibility index (Phi) is 5.87. The van der Waals surface area contributed by atoms with Gasteiger partial charge in [0.15, 0.2) is 9.84 Å². The molecule has 3 aromatic rings. The highest BCUT2D eigenvalue weighted by molar-refractivity contribution is 7.90. The topological polar surface area (TPSA) is 92.3 Å². The van der Waals surface area contributed by atoms with Crippen molar-refractivity contribution in [2.75, 3.05) is 11.6 Å². The summed E-state index contributed by atoms with van der Waals surface area (Å²) in [5.41, 5.74) is 1.01. The van der Waals surface area contributed by atoms with Crippen molar-refractivity contribution in [1.82, 2.24) is 5.32 Å². The molecule has 1 saturated heterocycles. The predicted octanol–water partition coefficient (Wildman–Crippen LogP) is 4.61. The molecule has 5 rings (SSSR count). The number of benzene rings is 3. The molecule has 0 bridgehead atoms. The van der Waals surface area contributed by atoms with Crippen LogP contribution in [0.25, 0.3) is 0 Å². The smallest absolute Gasteiger partial charge is 0.238 e. The number of hydrogen-bond acceptors (Lipinski definition) is 4. The maximum atomic E-state index is 14.1. The lowest BCUT2D eigenvalue weighted by Crippen LogP contribution is -2.57. The summed E-state index contributed by atoms with van der Waals surface area (Å²) in [6.07, 6.45) is 6.70. The van der Waals surface area contributed by atoms with E-state index in [0.717, 1.165) is 6.26 Å². The molecule has 0 radical (unpaired) electrons. The molecule has 36 heavy (non-hydrogen) atoms. The molecule has 182 valence electrons. The van der Waals surface area contributed by atoms with Crippen LogP contribution in [-0.4, -0.2) is 26.5 Å². The lowest BCUT2D eigenvalue weighted by molar-refractivity contribution is -0.131. The van der Waals surface area contributed by atoms with E-state index in [0.29, 0.717) is 32.4 Å². The van der Waals surface area contributed by atoms with E-state index in [9.17, 15) is 18.0 Å². The van der Waals surface area contributed by atoms with Crippen LogP contribution in [0.2, 0.25) is 10.0 Å². The Morgan fingerprint density at radius 1 is 1.03 bits per heavy atom. The maximum absolute atomic E-state index is 14.1. The van der Waals surface area contributed by atoms with Crippen molar-refractivity contribution in [3.05, 3.63) is 93.0 Å². The van der Waals surface area contributed by atoms with Gasteiger partial charge >= 0.3 is 0 Å². The summed E-state index contributed by atoms with van der Waals surface area (Å²) in [7, 11) is -3.76. The first kappa shape index (κ1) is 24.4. The summed E-state index contributed by atoms with van der Waals surface area (Å²) in [5, 5.41) is 6.72. The number of terminal acetylenes is 1. The number of amides is 2. The number of halogens is 2. The van der Waals surface area contributed by atoms with Crippen molar-refractivity contribution in [3.8, 4) is 12.3 Å². The van der Waals surface area contributed by atoms with Crippen LogP contribution in [0.3, 0.4) is 0 Å². The molecule has 0 saturated carbocycles. The molecule has 0 aromatic heterocycles. The third kappa shape index (κ3) is 3.77. The Hall–Kier alpha value is -3.31. The number of carbonyl (C=O) groups excluding carboxylic acids is 2. The number of piperidine rings is 1. The van der Waals surface area contributed by atoms with Gasteiger partial charge in [0, 0.05) is 39.9 Å². The van der Waals surface area contributed by atoms with Crippen LogP contribution in [0.4, 0.5) is 5.69 Å². The van der Waals surface area contributed by atoms with Gasteiger partial charge in [-0.25, -0.2) is 8.42 Å². The first-order valence-corrected chi connectivity index (χ1v) is 13.7. The van der Waals surface area contributed by atoms with Gasteiger partial charge < -0.3 is 10.6 Å². The second kappa shape index (κ2) is 8.67. The molecule has 2 heterocycles. The number of rotatable bonds is 3. The third-order valence-electron chi connectivity index (χ3n) is 6.89. The highest BCUT2D eigenvalue weighted by Gasteiger charge is 2.61. The minimum absolute atomic E-state index is 0.0185.